The van der Waals surface area contributed by atoms with Crippen LogP contribution in [0, 0.1) is 5.41 Å². The van der Waals surface area contributed by atoms with Gasteiger partial charge in [-0.2, -0.15) is 0 Å². The Hall–Kier alpha value is -2.35. The van der Waals surface area contributed by atoms with Crippen molar-refractivity contribution in [1.29, 1.82) is 0 Å². The third kappa shape index (κ3) is 2.59. The maximum atomic E-state index is 6.57. The van der Waals surface area contributed by atoms with Gasteiger partial charge in [-0.05, 0) is 0 Å². The van der Waals surface area contributed by atoms with Crippen molar-refractivity contribution in [3.8, 4) is 0 Å². The van der Waals surface area contributed by atoms with Gasteiger partial charge in [0.2, 0.25) is 0 Å². The van der Waals surface area contributed by atoms with E-state index in [9.17, 15) is 0 Å². The largest absolute Gasteiger partial charge is 0.462 e. The van der Waals surface area contributed by atoms with E-state index < -0.39 is 5.60 Å². The standard InChI is InChI=1S/C21H23NO/c1-5-18-21(16-12-8-6-9-13-16,17-14-10-7-11-15-17)23-19(22-18)20(2,3)4/h5-15,18H,1H2,2-4H3. The molecule has 0 radical (unpaired) electrons. The van der Waals surface area contributed by atoms with E-state index in [1.807, 2.05) is 42.5 Å². The fraction of sp³-hybridized carbons (Fsp3) is 0.286. The normalized spacial score (nSPS) is 19.8. The number of aliphatic imine (C=N–C) groups is 1. The lowest BCUT2D eigenvalue weighted by Gasteiger charge is -2.34. The number of benzene rings is 2. The molecule has 0 aliphatic carbocycles. The minimum absolute atomic E-state index is 0.146. The van der Waals surface area contributed by atoms with E-state index in [-0.39, 0.29) is 11.5 Å². The first-order valence-corrected chi connectivity index (χ1v) is 7.99. The Labute approximate surface area is 138 Å². The zero-order valence-electron chi connectivity index (χ0n) is 14.0. The molecule has 1 aliphatic heterocycles. The molecule has 2 nitrogen and oxygen atoms in total. The molecule has 1 heterocycles. The maximum Gasteiger partial charge on any atom is 0.191 e. The molecule has 2 aromatic carbocycles. The van der Waals surface area contributed by atoms with Crippen LogP contribution < -0.4 is 0 Å². The monoisotopic (exact) mass is 305 g/mol. The molecule has 1 unspecified atom stereocenters. The first-order chi connectivity index (χ1) is 11.0. The fourth-order valence-electron chi connectivity index (χ4n) is 3.02. The van der Waals surface area contributed by atoms with Crippen LogP contribution in [0.2, 0.25) is 0 Å². The van der Waals surface area contributed by atoms with Gasteiger partial charge in [0.25, 0.3) is 0 Å². The summed E-state index contributed by atoms with van der Waals surface area (Å²) in [6.45, 7) is 10.4. The summed E-state index contributed by atoms with van der Waals surface area (Å²) in [4.78, 5) is 4.86. The average Bonchev–Trinajstić information content (AvgIpc) is 2.97. The first-order valence-electron chi connectivity index (χ1n) is 7.99. The van der Waals surface area contributed by atoms with Gasteiger partial charge in [-0.15, -0.1) is 6.58 Å². The van der Waals surface area contributed by atoms with Crippen molar-refractivity contribution >= 4 is 5.90 Å². The summed E-state index contributed by atoms with van der Waals surface area (Å²) in [6, 6.07) is 20.5. The second kappa shape index (κ2) is 5.69. The quantitative estimate of drug-likeness (QED) is 0.734. The Morgan fingerprint density at radius 2 is 1.43 bits per heavy atom. The number of hydrogen-bond donors (Lipinski definition) is 0. The summed E-state index contributed by atoms with van der Waals surface area (Å²) < 4.78 is 6.57. The van der Waals surface area contributed by atoms with Gasteiger partial charge in [0.15, 0.2) is 11.5 Å². The van der Waals surface area contributed by atoms with Crippen LogP contribution in [-0.4, -0.2) is 11.9 Å². The van der Waals surface area contributed by atoms with Crippen LogP contribution in [0.3, 0.4) is 0 Å². The van der Waals surface area contributed by atoms with Crippen molar-refractivity contribution in [1.82, 2.24) is 0 Å². The number of rotatable bonds is 3. The highest BCUT2D eigenvalue weighted by atomic mass is 16.5. The van der Waals surface area contributed by atoms with E-state index in [2.05, 4.69) is 51.6 Å². The topological polar surface area (TPSA) is 21.6 Å². The van der Waals surface area contributed by atoms with E-state index in [4.69, 9.17) is 9.73 Å². The van der Waals surface area contributed by atoms with Crippen molar-refractivity contribution in [3.05, 3.63) is 84.4 Å². The molecule has 2 heteroatoms. The van der Waals surface area contributed by atoms with Crippen LogP contribution >= 0.6 is 0 Å². The van der Waals surface area contributed by atoms with Gasteiger partial charge >= 0.3 is 0 Å². The van der Waals surface area contributed by atoms with Gasteiger partial charge in [-0.25, -0.2) is 4.99 Å². The van der Waals surface area contributed by atoms with Crippen molar-refractivity contribution in [2.24, 2.45) is 10.4 Å². The molecule has 2 aromatic rings. The fourth-order valence-corrected chi connectivity index (χ4v) is 3.02. The molecule has 0 aromatic heterocycles. The maximum absolute atomic E-state index is 6.57. The van der Waals surface area contributed by atoms with Crippen LogP contribution in [0.1, 0.15) is 31.9 Å². The van der Waals surface area contributed by atoms with Gasteiger partial charge in [0.05, 0.1) is 0 Å². The predicted octanol–water partition coefficient (Wildman–Crippen LogP) is 4.96. The first kappa shape index (κ1) is 15.5. The van der Waals surface area contributed by atoms with Crippen LogP contribution in [0.25, 0.3) is 0 Å². The molecule has 0 saturated heterocycles. The molecule has 23 heavy (non-hydrogen) atoms. The molecule has 1 atom stereocenters. The lowest BCUT2D eigenvalue weighted by Crippen LogP contribution is -2.39. The lowest BCUT2D eigenvalue weighted by molar-refractivity contribution is 0.0978. The Balaban J connectivity index is 2.21. The zero-order valence-corrected chi connectivity index (χ0v) is 14.0. The van der Waals surface area contributed by atoms with Crippen LogP contribution in [-0.2, 0) is 10.3 Å². The van der Waals surface area contributed by atoms with Gasteiger partial charge in [0, 0.05) is 16.5 Å². The van der Waals surface area contributed by atoms with Gasteiger partial charge < -0.3 is 4.74 Å². The van der Waals surface area contributed by atoms with Crippen LogP contribution in [0.15, 0.2) is 78.3 Å². The summed E-state index contributed by atoms with van der Waals surface area (Å²) in [7, 11) is 0. The van der Waals surface area contributed by atoms with Crippen molar-refractivity contribution in [2.45, 2.75) is 32.4 Å². The molecule has 0 saturated carbocycles. The molecule has 0 fully saturated rings. The number of nitrogens with zero attached hydrogens (tertiary/aromatic N) is 1. The predicted molar refractivity (Wildman–Crippen MR) is 95.6 cm³/mol. The SMILES string of the molecule is C=CC1N=C(C(C)(C)C)OC1(c1ccccc1)c1ccccc1. The van der Waals surface area contributed by atoms with Crippen LogP contribution in [0.4, 0.5) is 0 Å². The Morgan fingerprint density at radius 3 is 1.83 bits per heavy atom. The molecule has 1 aliphatic rings. The van der Waals surface area contributed by atoms with Gasteiger partial charge in [-0.1, -0.05) is 87.5 Å². The number of ether oxygens (including phenoxy) is 1. The van der Waals surface area contributed by atoms with E-state index in [1.165, 1.54) is 0 Å². The minimum Gasteiger partial charge on any atom is -0.462 e. The van der Waals surface area contributed by atoms with E-state index in [0.29, 0.717) is 0 Å². The summed E-state index contributed by atoms with van der Waals surface area (Å²) in [5.74, 6) is 0.773. The van der Waals surface area contributed by atoms with Crippen molar-refractivity contribution in [2.75, 3.05) is 0 Å². The van der Waals surface area contributed by atoms with Crippen LogP contribution in [0.5, 0.6) is 0 Å². The summed E-state index contributed by atoms with van der Waals surface area (Å²) >= 11 is 0. The van der Waals surface area contributed by atoms with E-state index in [0.717, 1.165) is 17.0 Å². The van der Waals surface area contributed by atoms with Gasteiger partial charge in [-0.3, -0.25) is 0 Å². The summed E-state index contributed by atoms with van der Waals surface area (Å²) in [6.07, 6.45) is 1.89. The molecule has 0 N–H and O–H groups in total. The minimum atomic E-state index is -0.646. The van der Waals surface area contributed by atoms with Crippen molar-refractivity contribution in [3.63, 3.8) is 0 Å². The average molecular weight is 305 g/mol. The molecule has 3 rings (SSSR count). The van der Waals surface area contributed by atoms with Crippen molar-refractivity contribution < 1.29 is 4.74 Å². The van der Waals surface area contributed by atoms with Gasteiger partial charge in [0.1, 0.15) is 6.04 Å². The zero-order chi connectivity index (χ0) is 16.5. The molecular weight excluding hydrogens is 282 g/mol. The Kier molecular flexibility index (Phi) is 3.85. The smallest absolute Gasteiger partial charge is 0.191 e. The second-order valence-electron chi connectivity index (χ2n) is 6.93. The highest BCUT2D eigenvalue weighted by Crippen LogP contribution is 2.45. The lowest BCUT2D eigenvalue weighted by atomic mass is 9.80. The number of hydrogen-bond acceptors (Lipinski definition) is 2. The highest BCUT2D eigenvalue weighted by Gasteiger charge is 2.50. The molecule has 0 spiro atoms. The third-order valence-electron chi connectivity index (χ3n) is 4.20. The van der Waals surface area contributed by atoms with E-state index >= 15 is 0 Å². The Bertz CT molecular complexity index is 671. The highest BCUT2D eigenvalue weighted by molar-refractivity contribution is 5.85. The molecule has 118 valence electrons. The van der Waals surface area contributed by atoms with E-state index in [1.54, 1.807) is 0 Å². The molecule has 0 bridgehead atoms. The summed E-state index contributed by atoms with van der Waals surface area (Å²) in [5, 5.41) is 0. The molecule has 0 amide bonds. The third-order valence-corrected chi connectivity index (χ3v) is 4.20. The Morgan fingerprint density at radius 1 is 0.957 bits per heavy atom. The summed E-state index contributed by atoms with van der Waals surface area (Å²) in [5.41, 5.74) is 1.40. The molecular formula is C21H23NO. The second-order valence-corrected chi connectivity index (χ2v) is 6.93.